The van der Waals surface area contributed by atoms with Gasteiger partial charge in [-0.1, -0.05) is 12.8 Å². The van der Waals surface area contributed by atoms with E-state index in [1.54, 1.807) is 0 Å². The summed E-state index contributed by atoms with van der Waals surface area (Å²) in [7, 11) is 0. The van der Waals surface area contributed by atoms with Gasteiger partial charge in [-0.15, -0.1) is 0 Å². The first-order chi connectivity index (χ1) is 8.83. The predicted molar refractivity (Wildman–Crippen MR) is 75.9 cm³/mol. The van der Waals surface area contributed by atoms with Crippen molar-refractivity contribution in [1.82, 2.24) is 15.1 Å². The topological polar surface area (TPSA) is 18.5 Å². The van der Waals surface area contributed by atoms with E-state index in [2.05, 4.69) is 22.0 Å². The van der Waals surface area contributed by atoms with Crippen LogP contribution < -0.4 is 5.32 Å². The third-order valence-corrected chi connectivity index (χ3v) is 5.30. The van der Waals surface area contributed by atoms with Gasteiger partial charge in [0, 0.05) is 44.3 Å². The standard InChI is InChI=1S/C15H29N3/c1-13-12-15(6-7-16-13)18-10-8-17(9-11-18)14-4-2-3-5-14/h13-16H,2-12H2,1H3. The van der Waals surface area contributed by atoms with Crippen LogP contribution in [0.15, 0.2) is 0 Å². The summed E-state index contributed by atoms with van der Waals surface area (Å²) in [5.41, 5.74) is 0. The normalized spacial score (nSPS) is 37.2. The molecular formula is C15H29N3. The maximum absolute atomic E-state index is 3.57. The molecule has 0 aromatic heterocycles. The molecule has 2 saturated heterocycles. The average Bonchev–Trinajstić information content (AvgIpc) is 2.93. The molecule has 3 fully saturated rings. The van der Waals surface area contributed by atoms with E-state index in [0.717, 1.165) is 18.1 Å². The molecule has 3 aliphatic rings. The molecule has 18 heavy (non-hydrogen) atoms. The van der Waals surface area contributed by atoms with Crippen LogP contribution >= 0.6 is 0 Å². The van der Waals surface area contributed by atoms with E-state index in [4.69, 9.17) is 0 Å². The lowest BCUT2D eigenvalue weighted by Gasteiger charge is -2.43. The van der Waals surface area contributed by atoms with Gasteiger partial charge in [-0.25, -0.2) is 0 Å². The molecule has 3 rings (SSSR count). The highest BCUT2D eigenvalue weighted by Gasteiger charge is 2.30. The Morgan fingerprint density at radius 1 is 0.833 bits per heavy atom. The fourth-order valence-corrected chi connectivity index (χ4v) is 4.17. The largest absolute Gasteiger partial charge is 0.314 e. The summed E-state index contributed by atoms with van der Waals surface area (Å²) in [6.45, 7) is 8.82. The summed E-state index contributed by atoms with van der Waals surface area (Å²) in [6, 6.07) is 2.50. The smallest absolute Gasteiger partial charge is 0.0123 e. The van der Waals surface area contributed by atoms with Crippen LogP contribution in [0, 0.1) is 0 Å². The van der Waals surface area contributed by atoms with Crippen molar-refractivity contribution in [3.05, 3.63) is 0 Å². The van der Waals surface area contributed by atoms with E-state index in [9.17, 15) is 0 Å². The Bertz CT molecular complexity index is 254. The molecule has 2 unspecified atom stereocenters. The molecule has 1 aliphatic carbocycles. The lowest BCUT2D eigenvalue weighted by atomic mass is 9.98. The predicted octanol–water partition coefficient (Wildman–Crippen LogP) is 1.69. The number of nitrogens with zero attached hydrogens (tertiary/aromatic N) is 2. The lowest BCUT2D eigenvalue weighted by molar-refractivity contribution is 0.0552. The van der Waals surface area contributed by atoms with Crippen molar-refractivity contribution >= 4 is 0 Å². The minimum absolute atomic E-state index is 0.719. The molecule has 2 heterocycles. The summed E-state index contributed by atoms with van der Waals surface area (Å²) in [6.07, 6.45) is 8.57. The maximum Gasteiger partial charge on any atom is 0.0123 e. The molecule has 2 aliphatic heterocycles. The first kappa shape index (κ1) is 12.9. The third-order valence-electron chi connectivity index (χ3n) is 5.30. The Hall–Kier alpha value is -0.120. The third kappa shape index (κ3) is 2.89. The highest BCUT2D eigenvalue weighted by Crippen LogP contribution is 2.25. The van der Waals surface area contributed by atoms with Gasteiger partial charge in [-0.05, 0) is 39.2 Å². The SMILES string of the molecule is CC1CC(N2CCN(C3CCCC3)CC2)CCN1. The van der Waals surface area contributed by atoms with E-state index in [-0.39, 0.29) is 0 Å². The molecule has 1 saturated carbocycles. The highest BCUT2D eigenvalue weighted by molar-refractivity contribution is 4.87. The van der Waals surface area contributed by atoms with Gasteiger partial charge in [0.25, 0.3) is 0 Å². The van der Waals surface area contributed by atoms with Crippen LogP contribution in [0.25, 0.3) is 0 Å². The highest BCUT2D eigenvalue weighted by atomic mass is 15.3. The van der Waals surface area contributed by atoms with Crippen molar-refractivity contribution in [2.45, 2.75) is 63.6 Å². The summed E-state index contributed by atoms with van der Waals surface area (Å²) in [5, 5.41) is 3.57. The van der Waals surface area contributed by atoms with Crippen LogP contribution in [-0.2, 0) is 0 Å². The summed E-state index contributed by atoms with van der Waals surface area (Å²) in [4.78, 5) is 5.54. The number of rotatable bonds is 2. The molecule has 3 heteroatoms. The van der Waals surface area contributed by atoms with E-state index in [1.165, 1.54) is 71.2 Å². The van der Waals surface area contributed by atoms with Gasteiger partial charge in [-0.3, -0.25) is 9.80 Å². The zero-order valence-corrected chi connectivity index (χ0v) is 11.9. The second-order valence-corrected chi connectivity index (χ2v) is 6.54. The lowest BCUT2D eigenvalue weighted by Crippen LogP contribution is -2.55. The van der Waals surface area contributed by atoms with E-state index in [1.807, 2.05) is 0 Å². The zero-order valence-electron chi connectivity index (χ0n) is 11.9. The van der Waals surface area contributed by atoms with E-state index in [0.29, 0.717) is 0 Å². The first-order valence-electron chi connectivity index (χ1n) is 8.04. The molecule has 0 spiro atoms. The summed E-state index contributed by atoms with van der Waals surface area (Å²) in [5.74, 6) is 0. The molecule has 0 aromatic carbocycles. The molecule has 0 aromatic rings. The van der Waals surface area contributed by atoms with Gasteiger partial charge < -0.3 is 5.32 Å². The number of hydrogen-bond donors (Lipinski definition) is 1. The van der Waals surface area contributed by atoms with Gasteiger partial charge in [-0.2, -0.15) is 0 Å². The fraction of sp³-hybridized carbons (Fsp3) is 1.00. The van der Waals surface area contributed by atoms with Gasteiger partial charge in [0.2, 0.25) is 0 Å². The molecule has 1 N–H and O–H groups in total. The Labute approximate surface area is 112 Å². The first-order valence-corrected chi connectivity index (χ1v) is 8.04. The van der Waals surface area contributed by atoms with Gasteiger partial charge in [0.15, 0.2) is 0 Å². The molecule has 104 valence electrons. The summed E-state index contributed by atoms with van der Waals surface area (Å²) >= 11 is 0. The number of piperidine rings is 1. The van der Waals surface area contributed by atoms with Gasteiger partial charge in [0.05, 0.1) is 0 Å². The van der Waals surface area contributed by atoms with Crippen molar-refractivity contribution in [3.8, 4) is 0 Å². The Balaban J connectivity index is 1.47. The van der Waals surface area contributed by atoms with E-state index >= 15 is 0 Å². The van der Waals surface area contributed by atoms with Crippen molar-refractivity contribution in [2.75, 3.05) is 32.7 Å². The van der Waals surface area contributed by atoms with Gasteiger partial charge >= 0.3 is 0 Å². The van der Waals surface area contributed by atoms with Gasteiger partial charge in [0.1, 0.15) is 0 Å². The Morgan fingerprint density at radius 3 is 2.06 bits per heavy atom. The minimum Gasteiger partial charge on any atom is -0.314 e. The number of nitrogens with one attached hydrogen (secondary N) is 1. The number of piperazine rings is 1. The molecule has 2 atom stereocenters. The van der Waals surface area contributed by atoms with Crippen molar-refractivity contribution in [2.24, 2.45) is 0 Å². The monoisotopic (exact) mass is 251 g/mol. The maximum atomic E-state index is 3.57. The summed E-state index contributed by atoms with van der Waals surface area (Å²) < 4.78 is 0. The average molecular weight is 251 g/mol. The Kier molecular flexibility index (Phi) is 4.22. The van der Waals surface area contributed by atoms with Crippen LogP contribution in [0.3, 0.4) is 0 Å². The number of hydrogen-bond acceptors (Lipinski definition) is 3. The Morgan fingerprint density at radius 2 is 1.44 bits per heavy atom. The molecule has 3 nitrogen and oxygen atoms in total. The molecule has 0 radical (unpaired) electrons. The zero-order chi connectivity index (χ0) is 12.4. The van der Waals surface area contributed by atoms with Crippen molar-refractivity contribution in [3.63, 3.8) is 0 Å². The van der Waals surface area contributed by atoms with Crippen LogP contribution in [0.5, 0.6) is 0 Å². The minimum atomic E-state index is 0.719. The molecule has 0 amide bonds. The fourth-order valence-electron chi connectivity index (χ4n) is 4.17. The molecule has 0 bridgehead atoms. The van der Waals surface area contributed by atoms with Crippen LogP contribution in [-0.4, -0.2) is 60.6 Å². The van der Waals surface area contributed by atoms with Crippen LogP contribution in [0.1, 0.15) is 45.4 Å². The second kappa shape index (κ2) is 5.89. The van der Waals surface area contributed by atoms with Crippen LogP contribution in [0.2, 0.25) is 0 Å². The molecular weight excluding hydrogens is 222 g/mol. The second-order valence-electron chi connectivity index (χ2n) is 6.54. The van der Waals surface area contributed by atoms with Crippen molar-refractivity contribution in [1.29, 1.82) is 0 Å². The van der Waals surface area contributed by atoms with Crippen molar-refractivity contribution < 1.29 is 0 Å². The van der Waals surface area contributed by atoms with Crippen LogP contribution in [0.4, 0.5) is 0 Å². The quantitative estimate of drug-likeness (QED) is 0.806. The van der Waals surface area contributed by atoms with E-state index < -0.39 is 0 Å².